The Morgan fingerprint density at radius 3 is 2.60 bits per heavy atom. The van der Waals surface area contributed by atoms with E-state index in [0.717, 1.165) is 30.0 Å². The fourth-order valence-electron chi connectivity index (χ4n) is 3.78. The molecule has 0 unspecified atom stereocenters. The lowest BCUT2D eigenvalue weighted by Crippen LogP contribution is -2.22. The fourth-order valence-corrected chi connectivity index (χ4v) is 3.78. The molecule has 1 N–H and O–H groups in total. The smallest absolute Gasteiger partial charge is 0.141 e. The van der Waals surface area contributed by atoms with Crippen LogP contribution in [0.1, 0.15) is 68.7 Å². The van der Waals surface area contributed by atoms with Gasteiger partial charge in [-0.2, -0.15) is 0 Å². The number of pyridine rings is 1. The van der Waals surface area contributed by atoms with Crippen LogP contribution >= 0.6 is 0 Å². The number of hydrogen-bond acceptors (Lipinski definition) is 5. The molecular weight excluding hydrogens is 316 g/mol. The number of nitrogens with zero attached hydrogens (tertiary/aromatic N) is 4. The molecule has 4 rings (SSSR count). The number of aromatic nitrogens is 4. The third-order valence-corrected chi connectivity index (χ3v) is 5.56. The second kappa shape index (κ2) is 7.12. The van der Waals surface area contributed by atoms with Crippen molar-refractivity contribution in [2.45, 2.75) is 70.0 Å². The van der Waals surface area contributed by atoms with Crippen LogP contribution in [0, 0.1) is 0 Å². The summed E-state index contributed by atoms with van der Waals surface area (Å²) in [5.74, 6) is 1.42. The first-order valence-electron chi connectivity index (χ1n) is 9.43. The van der Waals surface area contributed by atoms with Crippen molar-refractivity contribution in [2.75, 3.05) is 0 Å². The number of aliphatic hydroxyl groups excluding tert-OH is 1. The molecule has 2 aliphatic rings. The maximum atomic E-state index is 9.60. The molecule has 2 aromatic heterocycles. The van der Waals surface area contributed by atoms with E-state index in [-0.39, 0.29) is 6.61 Å². The van der Waals surface area contributed by atoms with Crippen molar-refractivity contribution in [1.29, 1.82) is 0 Å². The molecule has 0 amide bonds. The third-order valence-electron chi connectivity index (χ3n) is 5.56. The first-order chi connectivity index (χ1) is 12.3. The van der Waals surface area contributed by atoms with Crippen LogP contribution in [0.15, 0.2) is 12.1 Å². The molecule has 0 radical (unpaired) electrons. The average molecular weight is 342 g/mol. The third kappa shape index (κ3) is 3.27. The molecule has 2 saturated carbocycles. The molecule has 0 saturated heterocycles. The quantitative estimate of drug-likeness (QED) is 0.902. The van der Waals surface area contributed by atoms with E-state index in [1.807, 2.05) is 12.1 Å². The van der Waals surface area contributed by atoms with Gasteiger partial charge in [-0.3, -0.25) is 0 Å². The first kappa shape index (κ1) is 16.5. The standard InChI is InChI=1S/C19H26N4O2/c1-23-16(12-24)19(21-22-23)15-10-11-17(18(20-15)13-6-5-7-13)25-14-8-3-2-4-9-14/h10-11,13-14,24H,2-9,12H2,1H3. The second-order valence-electron chi connectivity index (χ2n) is 7.25. The van der Waals surface area contributed by atoms with Gasteiger partial charge in [0.1, 0.15) is 11.4 Å². The van der Waals surface area contributed by atoms with Gasteiger partial charge in [0, 0.05) is 13.0 Å². The molecule has 6 nitrogen and oxygen atoms in total. The highest BCUT2D eigenvalue weighted by Crippen LogP contribution is 2.41. The van der Waals surface area contributed by atoms with E-state index in [1.165, 1.54) is 38.5 Å². The van der Waals surface area contributed by atoms with E-state index in [0.29, 0.717) is 23.4 Å². The van der Waals surface area contributed by atoms with Gasteiger partial charge in [-0.25, -0.2) is 9.67 Å². The van der Waals surface area contributed by atoms with Crippen molar-refractivity contribution < 1.29 is 9.84 Å². The summed E-state index contributed by atoms with van der Waals surface area (Å²) in [5, 5.41) is 17.8. The zero-order chi connectivity index (χ0) is 17.2. The van der Waals surface area contributed by atoms with Crippen LogP contribution in [0.5, 0.6) is 5.75 Å². The normalized spacial score (nSPS) is 19.0. The van der Waals surface area contributed by atoms with Gasteiger partial charge in [-0.1, -0.05) is 18.1 Å². The van der Waals surface area contributed by atoms with Crippen LogP contribution in [-0.4, -0.2) is 31.2 Å². The molecule has 6 heteroatoms. The second-order valence-corrected chi connectivity index (χ2v) is 7.25. The Bertz CT molecular complexity index is 733. The Morgan fingerprint density at radius 1 is 1.12 bits per heavy atom. The molecule has 0 spiro atoms. The molecular formula is C19H26N4O2. The molecule has 0 bridgehead atoms. The van der Waals surface area contributed by atoms with Gasteiger partial charge in [-0.05, 0) is 50.7 Å². The fraction of sp³-hybridized carbons (Fsp3) is 0.632. The molecule has 0 aliphatic heterocycles. The minimum absolute atomic E-state index is 0.0976. The van der Waals surface area contributed by atoms with Crippen molar-refractivity contribution in [2.24, 2.45) is 7.05 Å². The molecule has 2 fully saturated rings. The highest BCUT2D eigenvalue weighted by molar-refractivity contribution is 5.58. The lowest BCUT2D eigenvalue weighted by Gasteiger charge is -2.29. The van der Waals surface area contributed by atoms with Crippen LogP contribution < -0.4 is 4.74 Å². The predicted octanol–water partition coefficient (Wildman–Crippen LogP) is 3.35. The van der Waals surface area contributed by atoms with E-state index in [4.69, 9.17) is 9.72 Å². The summed E-state index contributed by atoms with van der Waals surface area (Å²) in [4.78, 5) is 4.90. The minimum atomic E-state index is -0.0976. The Kier molecular flexibility index (Phi) is 4.70. The Labute approximate surface area is 148 Å². The maximum absolute atomic E-state index is 9.60. The number of aryl methyl sites for hydroxylation is 1. The lowest BCUT2D eigenvalue weighted by molar-refractivity contribution is 0.150. The summed E-state index contributed by atoms with van der Waals surface area (Å²) in [6, 6.07) is 3.99. The van der Waals surface area contributed by atoms with E-state index in [1.54, 1.807) is 11.7 Å². The number of rotatable bonds is 5. The van der Waals surface area contributed by atoms with Crippen LogP contribution in [0.25, 0.3) is 11.4 Å². The number of hydrogen-bond donors (Lipinski definition) is 1. The van der Waals surface area contributed by atoms with Crippen molar-refractivity contribution in [3.05, 3.63) is 23.5 Å². The number of ether oxygens (including phenoxy) is 1. The van der Waals surface area contributed by atoms with Gasteiger partial charge >= 0.3 is 0 Å². The molecule has 25 heavy (non-hydrogen) atoms. The molecule has 2 aliphatic carbocycles. The first-order valence-corrected chi connectivity index (χ1v) is 9.43. The van der Waals surface area contributed by atoms with E-state index >= 15 is 0 Å². The van der Waals surface area contributed by atoms with Crippen LogP contribution in [-0.2, 0) is 13.7 Å². The number of aliphatic hydroxyl groups is 1. The Balaban J connectivity index is 1.66. The van der Waals surface area contributed by atoms with Crippen LogP contribution in [0.2, 0.25) is 0 Å². The summed E-state index contributed by atoms with van der Waals surface area (Å²) in [5.41, 5.74) is 3.18. The van der Waals surface area contributed by atoms with Gasteiger partial charge in [0.25, 0.3) is 0 Å². The van der Waals surface area contributed by atoms with Crippen molar-refractivity contribution in [3.8, 4) is 17.1 Å². The van der Waals surface area contributed by atoms with Gasteiger partial charge in [0.15, 0.2) is 0 Å². The largest absolute Gasteiger partial charge is 0.489 e. The molecule has 2 aromatic rings. The summed E-state index contributed by atoms with van der Waals surface area (Å²) in [6.07, 6.45) is 10.0. The molecule has 0 atom stereocenters. The van der Waals surface area contributed by atoms with Crippen molar-refractivity contribution in [1.82, 2.24) is 20.0 Å². The van der Waals surface area contributed by atoms with Gasteiger partial charge in [0.05, 0.1) is 29.8 Å². The minimum Gasteiger partial charge on any atom is -0.489 e. The Hall–Kier alpha value is -1.95. The van der Waals surface area contributed by atoms with E-state index in [2.05, 4.69) is 10.3 Å². The lowest BCUT2D eigenvalue weighted by atomic mass is 9.82. The van der Waals surface area contributed by atoms with Gasteiger partial charge in [0.2, 0.25) is 0 Å². The summed E-state index contributed by atoms with van der Waals surface area (Å²) >= 11 is 0. The van der Waals surface area contributed by atoms with Crippen molar-refractivity contribution >= 4 is 0 Å². The summed E-state index contributed by atoms with van der Waals surface area (Å²) in [6.45, 7) is -0.0976. The van der Waals surface area contributed by atoms with Crippen LogP contribution in [0.3, 0.4) is 0 Å². The highest BCUT2D eigenvalue weighted by atomic mass is 16.5. The summed E-state index contributed by atoms with van der Waals surface area (Å²) in [7, 11) is 1.79. The summed E-state index contributed by atoms with van der Waals surface area (Å²) < 4.78 is 7.95. The highest BCUT2D eigenvalue weighted by Gasteiger charge is 2.27. The predicted molar refractivity (Wildman–Crippen MR) is 94.2 cm³/mol. The average Bonchev–Trinajstić information content (AvgIpc) is 2.96. The Morgan fingerprint density at radius 2 is 1.92 bits per heavy atom. The SMILES string of the molecule is Cn1nnc(-c2ccc(OC3CCCCC3)c(C3CCC3)n2)c1CO. The maximum Gasteiger partial charge on any atom is 0.141 e. The van der Waals surface area contributed by atoms with Crippen LogP contribution in [0.4, 0.5) is 0 Å². The topological polar surface area (TPSA) is 73.1 Å². The molecule has 0 aromatic carbocycles. The molecule has 134 valence electrons. The zero-order valence-corrected chi connectivity index (χ0v) is 14.8. The monoisotopic (exact) mass is 342 g/mol. The van der Waals surface area contributed by atoms with E-state index in [9.17, 15) is 5.11 Å². The van der Waals surface area contributed by atoms with Gasteiger partial charge < -0.3 is 9.84 Å². The van der Waals surface area contributed by atoms with Gasteiger partial charge in [-0.15, -0.1) is 5.10 Å². The van der Waals surface area contributed by atoms with Crippen molar-refractivity contribution in [3.63, 3.8) is 0 Å². The molecule has 2 heterocycles. The van der Waals surface area contributed by atoms with E-state index < -0.39 is 0 Å². The zero-order valence-electron chi connectivity index (χ0n) is 14.8.